The molecule has 1 amide bonds. The lowest BCUT2D eigenvalue weighted by Crippen LogP contribution is -2.26. The molecule has 0 aliphatic rings. The van der Waals surface area contributed by atoms with Crippen LogP contribution >= 0.6 is 0 Å². The minimum absolute atomic E-state index is 0.0742. The molecule has 0 spiro atoms. The summed E-state index contributed by atoms with van der Waals surface area (Å²) in [4.78, 5) is 16.0. The van der Waals surface area contributed by atoms with Gasteiger partial charge in [0.15, 0.2) is 0 Å². The third-order valence-corrected chi connectivity index (χ3v) is 3.19. The molecule has 20 heavy (non-hydrogen) atoms. The molecule has 2 N–H and O–H groups in total. The average molecular weight is 269 g/mol. The largest absolute Gasteiger partial charge is 0.399 e. The maximum atomic E-state index is 12.4. The number of anilines is 3. The summed E-state index contributed by atoms with van der Waals surface area (Å²) >= 11 is 0. The van der Waals surface area contributed by atoms with E-state index in [0.717, 1.165) is 11.4 Å². The van der Waals surface area contributed by atoms with Gasteiger partial charge in [-0.15, -0.1) is 0 Å². The molecule has 2 aromatic rings. The van der Waals surface area contributed by atoms with Crippen molar-refractivity contribution in [1.82, 2.24) is 0 Å². The number of carbonyl (C=O) groups is 1. The standard InChI is InChI=1S/C16H19N3O/c1-18(2)14-7-9-15(10-8-14)19(3)16(20)12-5-4-6-13(17)11-12/h4-11H,17H2,1-3H3. The number of nitrogens with zero attached hydrogens (tertiary/aromatic N) is 2. The van der Waals surface area contributed by atoms with Crippen molar-refractivity contribution in [1.29, 1.82) is 0 Å². The van der Waals surface area contributed by atoms with E-state index >= 15 is 0 Å². The predicted molar refractivity (Wildman–Crippen MR) is 84.4 cm³/mol. The maximum Gasteiger partial charge on any atom is 0.258 e. The van der Waals surface area contributed by atoms with Gasteiger partial charge >= 0.3 is 0 Å². The average Bonchev–Trinajstić information content (AvgIpc) is 2.46. The minimum atomic E-state index is -0.0742. The third kappa shape index (κ3) is 2.91. The summed E-state index contributed by atoms with van der Waals surface area (Å²) < 4.78 is 0. The summed E-state index contributed by atoms with van der Waals surface area (Å²) in [7, 11) is 5.73. The zero-order chi connectivity index (χ0) is 14.7. The fourth-order valence-corrected chi connectivity index (χ4v) is 1.96. The van der Waals surface area contributed by atoms with Gasteiger partial charge < -0.3 is 15.5 Å². The number of carbonyl (C=O) groups excluding carboxylic acids is 1. The van der Waals surface area contributed by atoms with Crippen molar-refractivity contribution in [2.24, 2.45) is 0 Å². The molecule has 0 unspecified atom stereocenters. The van der Waals surface area contributed by atoms with Crippen LogP contribution in [0.3, 0.4) is 0 Å². The van der Waals surface area contributed by atoms with Crippen molar-refractivity contribution >= 4 is 23.0 Å². The Balaban J connectivity index is 2.22. The smallest absolute Gasteiger partial charge is 0.258 e. The highest BCUT2D eigenvalue weighted by atomic mass is 16.2. The molecule has 2 aromatic carbocycles. The quantitative estimate of drug-likeness (QED) is 0.871. The summed E-state index contributed by atoms with van der Waals surface area (Å²) in [5, 5.41) is 0. The molecule has 0 aliphatic carbocycles. The van der Waals surface area contributed by atoms with E-state index in [9.17, 15) is 4.79 Å². The molecule has 0 saturated carbocycles. The fraction of sp³-hybridized carbons (Fsp3) is 0.188. The van der Waals surface area contributed by atoms with Gasteiger partial charge in [0.05, 0.1) is 0 Å². The van der Waals surface area contributed by atoms with E-state index in [1.165, 1.54) is 0 Å². The summed E-state index contributed by atoms with van der Waals surface area (Å²) in [6.45, 7) is 0. The SMILES string of the molecule is CN(C)c1ccc(N(C)C(=O)c2cccc(N)c2)cc1. The van der Waals surface area contributed by atoms with Crippen LogP contribution in [0, 0.1) is 0 Å². The highest BCUT2D eigenvalue weighted by Crippen LogP contribution is 2.20. The van der Waals surface area contributed by atoms with Crippen LogP contribution in [0.15, 0.2) is 48.5 Å². The molecule has 0 heterocycles. The van der Waals surface area contributed by atoms with Gasteiger partial charge in [-0.1, -0.05) is 6.07 Å². The Kier molecular flexibility index (Phi) is 3.94. The summed E-state index contributed by atoms with van der Waals surface area (Å²) in [6.07, 6.45) is 0. The molecule has 0 bridgehead atoms. The summed E-state index contributed by atoms with van der Waals surface area (Å²) in [5.74, 6) is -0.0742. The number of nitrogens with two attached hydrogens (primary N) is 1. The first-order chi connectivity index (χ1) is 9.49. The van der Waals surface area contributed by atoms with Crippen LogP contribution < -0.4 is 15.5 Å². The van der Waals surface area contributed by atoms with Crippen LogP contribution in [0.1, 0.15) is 10.4 Å². The van der Waals surface area contributed by atoms with Crippen LogP contribution in [0.2, 0.25) is 0 Å². The maximum absolute atomic E-state index is 12.4. The second kappa shape index (κ2) is 5.65. The van der Waals surface area contributed by atoms with Crippen molar-refractivity contribution in [3.63, 3.8) is 0 Å². The van der Waals surface area contributed by atoms with Gasteiger partial charge in [0.25, 0.3) is 5.91 Å². The molecule has 0 saturated heterocycles. The molecule has 0 atom stereocenters. The van der Waals surface area contributed by atoms with Crippen LogP contribution in [0.5, 0.6) is 0 Å². The highest BCUT2D eigenvalue weighted by molar-refractivity contribution is 6.06. The number of nitrogen functional groups attached to an aromatic ring is 1. The molecule has 2 rings (SSSR count). The van der Waals surface area contributed by atoms with Gasteiger partial charge in [-0.05, 0) is 42.5 Å². The lowest BCUT2D eigenvalue weighted by atomic mass is 10.1. The Hall–Kier alpha value is -2.49. The lowest BCUT2D eigenvalue weighted by Gasteiger charge is -2.19. The van der Waals surface area contributed by atoms with Gasteiger partial charge in [-0.3, -0.25) is 4.79 Å². The monoisotopic (exact) mass is 269 g/mol. The predicted octanol–water partition coefficient (Wildman–Crippen LogP) is 2.61. The van der Waals surface area contributed by atoms with E-state index in [-0.39, 0.29) is 5.91 Å². The van der Waals surface area contributed by atoms with Crippen LogP contribution in [0.4, 0.5) is 17.1 Å². The molecular formula is C16H19N3O. The van der Waals surface area contributed by atoms with E-state index in [2.05, 4.69) is 0 Å². The van der Waals surface area contributed by atoms with Gasteiger partial charge in [0.2, 0.25) is 0 Å². The van der Waals surface area contributed by atoms with E-state index in [1.54, 1.807) is 36.2 Å². The topological polar surface area (TPSA) is 49.6 Å². The van der Waals surface area contributed by atoms with Crippen LogP contribution in [-0.2, 0) is 0 Å². The number of hydrogen-bond donors (Lipinski definition) is 1. The Morgan fingerprint density at radius 2 is 1.55 bits per heavy atom. The Labute approximate surface area is 119 Å². The molecule has 4 heteroatoms. The van der Waals surface area contributed by atoms with E-state index < -0.39 is 0 Å². The first kappa shape index (κ1) is 13.9. The summed E-state index contributed by atoms with van der Waals surface area (Å²) in [5.41, 5.74) is 8.84. The van der Waals surface area contributed by atoms with Gasteiger partial charge in [-0.25, -0.2) is 0 Å². The number of amides is 1. The van der Waals surface area contributed by atoms with Crippen molar-refractivity contribution in [2.75, 3.05) is 36.7 Å². The first-order valence-electron chi connectivity index (χ1n) is 6.40. The van der Waals surface area contributed by atoms with E-state index in [4.69, 9.17) is 5.73 Å². The van der Waals surface area contributed by atoms with Crippen molar-refractivity contribution < 1.29 is 4.79 Å². The fourth-order valence-electron chi connectivity index (χ4n) is 1.96. The van der Waals surface area contributed by atoms with Crippen molar-refractivity contribution in [2.45, 2.75) is 0 Å². The van der Waals surface area contributed by atoms with Crippen molar-refractivity contribution in [3.8, 4) is 0 Å². The van der Waals surface area contributed by atoms with Crippen molar-refractivity contribution in [3.05, 3.63) is 54.1 Å². The van der Waals surface area contributed by atoms with Gasteiger partial charge in [0, 0.05) is 43.8 Å². The van der Waals surface area contributed by atoms with Gasteiger partial charge in [0.1, 0.15) is 0 Å². The molecule has 4 nitrogen and oxygen atoms in total. The Morgan fingerprint density at radius 1 is 0.950 bits per heavy atom. The Morgan fingerprint density at radius 3 is 2.10 bits per heavy atom. The molecular weight excluding hydrogens is 250 g/mol. The Bertz CT molecular complexity index is 605. The highest BCUT2D eigenvalue weighted by Gasteiger charge is 2.13. The second-order valence-electron chi connectivity index (χ2n) is 4.90. The van der Waals surface area contributed by atoms with Crippen LogP contribution in [-0.4, -0.2) is 27.1 Å². The second-order valence-corrected chi connectivity index (χ2v) is 4.90. The van der Waals surface area contributed by atoms with Crippen LogP contribution in [0.25, 0.3) is 0 Å². The zero-order valence-electron chi connectivity index (χ0n) is 12.0. The number of benzene rings is 2. The third-order valence-electron chi connectivity index (χ3n) is 3.19. The first-order valence-corrected chi connectivity index (χ1v) is 6.40. The lowest BCUT2D eigenvalue weighted by molar-refractivity contribution is 0.0993. The molecule has 0 radical (unpaired) electrons. The minimum Gasteiger partial charge on any atom is -0.399 e. The normalized spacial score (nSPS) is 10.2. The number of hydrogen-bond acceptors (Lipinski definition) is 3. The zero-order valence-corrected chi connectivity index (χ0v) is 12.0. The molecule has 104 valence electrons. The molecule has 0 aliphatic heterocycles. The van der Waals surface area contributed by atoms with Gasteiger partial charge in [-0.2, -0.15) is 0 Å². The molecule has 0 aromatic heterocycles. The van der Waals surface area contributed by atoms with E-state index in [1.807, 2.05) is 43.3 Å². The summed E-state index contributed by atoms with van der Waals surface area (Å²) in [6, 6.07) is 14.8. The van der Waals surface area contributed by atoms with E-state index in [0.29, 0.717) is 11.3 Å². The number of rotatable bonds is 3. The molecule has 0 fully saturated rings.